The number of ether oxygens (including phenoxy) is 1. The summed E-state index contributed by atoms with van der Waals surface area (Å²) in [6.07, 6.45) is 5.06. The molecular formula is C19H30FN3O2. The summed E-state index contributed by atoms with van der Waals surface area (Å²) < 4.78 is 18.4. The number of carbonyl (C=O) groups excluding carboxylic acids is 1. The number of unbranched alkanes of at least 4 members (excludes halogenated alkanes) is 3. The fraction of sp³-hybridized carbons (Fsp3) is 0.579. The number of aliphatic imine (C=N–C) groups is 1. The molecule has 0 saturated heterocycles. The Hall–Kier alpha value is -2.11. The molecule has 0 unspecified atom stereocenters. The summed E-state index contributed by atoms with van der Waals surface area (Å²) in [7, 11) is 1.72. The van der Waals surface area contributed by atoms with Gasteiger partial charge in [-0.15, -0.1) is 0 Å². The third-order valence-corrected chi connectivity index (χ3v) is 3.77. The molecule has 0 spiro atoms. The molecular weight excluding hydrogens is 321 g/mol. The van der Waals surface area contributed by atoms with Crippen molar-refractivity contribution in [1.29, 1.82) is 0 Å². The second kappa shape index (κ2) is 13.2. The zero-order chi connectivity index (χ0) is 18.3. The van der Waals surface area contributed by atoms with Crippen molar-refractivity contribution in [1.82, 2.24) is 10.6 Å². The number of hydrogen-bond donors (Lipinski definition) is 2. The Morgan fingerprint density at radius 3 is 2.56 bits per heavy atom. The molecule has 1 rings (SSSR count). The zero-order valence-electron chi connectivity index (χ0n) is 15.3. The van der Waals surface area contributed by atoms with Gasteiger partial charge in [0.15, 0.2) is 5.96 Å². The summed E-state index contributed by atoms with van der Waals surface area (Å²) in [6.45, 7) is 3.71. The van der Waals surface area contributed by atoms with Crippen molar-refractivity contribution in [2.45, 2.75) is 45.4 Å². The number of benzene rings is 1. The maximum Gasteiger partial charge on any atom is 0.305 e. The van der Waals surface area contributed by atoms with E-state index in [9.17, 15) is 9.18 Å². The molecule has 0 aliphatic rings. The van der Waals surface area contributed by atoms with E-state index >= 15 is 0 Å². The molecule has 6 heteroatoms. The molecule has 2 N–H and O–H groups in total. The average Bonchev–Trinajstić information content (AvgIpc) is 2.61. The van der Waals surface area contributed by atoms with Crippen molar-refractivity contribution in [2.24, 2.45) is 4.99 Å². The Morgan fingerprint density at radius 1 is 1.12 bits per heavy atom. The number of hydrogen-bond acceptors (Lipinski definition) is 3. The van der Waals surface area contributed by atoms with Crippen LogP contribution in [0.15, 0.2) is 29.3 Å². The standard InChI is InChI=1S/C19H30FN3O2/c1-3-25-18(24)12-6-4-5-9-14-22-19(21-2)23-15-13-16-10-7-8-11-17(16)20/h7-8,10-11H,3-6,9,12-15H2,1-2H3,(H2,21,22,23). The van der Waals surface area contributed by atoms with E-state index in [4.69, 9.17) is 4.74 Å². The molecule has 0 radical (unpaired) electrons. The zero-order valence-corrected chi connectivity index (χ0v) is 15.3. The second-order valence-electron chi connectivity index (χ2n) is 5.74. The third kappa shape index (κ3) is 9.69. The Labute approximate surface area is 150 Å². The predicted molar refractivity (Wildman–Crippen MR) is 99.2 cm³/mol. The fourth-order valence-corrected chi connectivity index (χ4v) is 2.43. The van der Waals surface area contributed by atoms with E-state index in [-0.39, 0.29) is 11.8 Å². The van der Waals surface area contributed by atoms with Crippen LogP contribution in [-0.2, 0) is 16.0 Å². The molecule has 0 atom stereocenters. The van der Waals surface area contributed by atoms with Crippen molar-refractivity contribution in [3.63, 3.8) is 0 Å². The van der Waals surface area contributed by atoms with Crippen LogP contribution in [0.2, 0.25) is 0 Å². The molecule has 25 heavy (non-hydrogen) atoms. The number of esters is 1. The minimum atomic E-state index is -0.171. The number of nitrogens with zero attached hydrogens (tertiary/aromatic N) is 1. The van der Waals surface area contributed by atoms with Gasteiger partial charge in [-0.3, -0.25) is 9.79 Å². The van der Waals surface area contributed by atoms with Crippen molar-refractivity contribution in [2.75, 3.05) is 26.7 Å². The highest BCUT2D eigenvalue weighted by molar-refractivity contribution is 5.79. The molecule has 0 saturated carbocycles. The van der Waals surface area contributed by atoms with Gasteiger partial charge in [0, 0.05) is 26.6 Å². The Bertz CT molecular complexity index is 535. The SMILES string of the molecule is CCOC(=O)CCCCCCNC(=NC)NCCc1ccccc1F. The molecule has 0 fully saturated rings. The first-order valence-corrected chi connectivity index (χ1v) is 9.01. The Morgan fingerprint density at radius 2 is 1.84 bits per heavy atom. The van der Waals surface area contributed by atoms with Crippen LogP contribution < -0.4 is 10.6 Å². The van der Waals surface area contributed by atoms with Gasteiger partial charge >= 0.3 is 5.97 Å². The maximum atomic E-state index is 13.5. The van der Waals surface area contributed by atoms with Gasteiger partial charge in [-0.25, -0.2) is 4.39 Å². The van der Waals surface area contributed by atoms with E-state index in [1.54, 1.807) is 19.2 Å². The van der Waals surface area contributed by atoms with E-state index in [0.717, 1.165) is 38.2 Å². The van der Waals surface area contributed by atoms with Gasteiger partial charge in [0.2, 0.25) is 0 Å². The van der Waals surface area contributed by atoms with Crippen molar-refractivity contribution < 1.29 is 13.9 Å². The first kappa shape index (κ1) is 20.9. The Balaban J connectivity index is 2.07. The minimum Gasteiger partial charge on any atom is -0.466 e. The largest absolute Gasteiger partial charge is 0.466 e. The van der Waals surface area contributed by atoms with E-state index in [0.29, 0.717) is 31.6 Å². The summed E-state index contributed by atoms with van der Waals surface area (Å²) >= 11 is 0. The lowest BCUT2D eigenvalue weighted by Gasteiger charge is -2.12. The van der Waals surface area contributed by atoms with Gasteiger partial charge in [-0.05, 0) is 37.8 Å². The van der Waals surface area contributed by atoms with Crippen LogP contribution in [0.4, 0.5) is 4.39 Å². The van der Waals surface area contributed by atoms with Gasteiger partial charge in [0.25, 0.3) is 0 Å². The molecule has 1 aromatic carbocycles. The highest BCUT2D eigenvalue weighted by Gasteiger charge is 2.02. The first-order chi connectivity index (χ1) is 12.2. The summed E-state index contributed by atoms with van der Waals surface area (Å²) in [4.78, 5) is 15.4. The third-order valence-electron chi connectivity index (χ3n) is 3.77. The van der Waals surface area contributed by atoms with Crippen molar-refractivity contribution in [3.05, 3.63) is 35.6 Å². The first-order valence-electron chi connectivity index (χ1n) is 9.01. The minimum absolute atomic E-state index is 0.111. The molecule has 140 valence electrons. The van der Waals surface area contributed by atoms with Crippen molar-refractivity contribution in [3.8, 4) is 0 Å². The van der Waals surface area contributed by atoms with E-state index < -0.39 is 0 Å². The molecule has 0 heterocycles. The summed E-state index contributed by atoms with van der Waals surface area (Å²) in [5, 5.41) is 6.43. The number of nitrogens with one attached hydrogen (secondary N) is 2. The average molecular weight is 351 g/mol. The van der Waals surface area contributed by atoms with E-state index in [2.05, 4.69) is 15.6 Å². The lowest BCUT2D eigenvalue weighted by molar-refractivity contribution is -0.143. The molecule has 0 aliphatic heterocycles. The quantitative estimate of drug-likeness (QED) is 0.278. The van der Waals surface area contributed by atoms with E-state index in [1.807, 2.05) is 13.0 Å². The maximum absolute atomic E-state index is 13.5. The van der Waals surface area contributed by atoms with Gasteiger partial charge in [0.05, 0.1) is 6.61 Å². The molecule has 0 amide bonds. The monoisotopic (exact) mass is 351 g/mol. The predicted octanol–water partition coefficient (Wildman–Crippen LogP) is 3.05. The number of carbonyl (C=O) groups is 1. The molecule has 1 aromatic rings. The fourth-order valence-electron chi connectivity index (χ4n) is 2.43. The molecule has 0 aromatic heterocycles. The summed E-state index contributed by atoms with van der Waals surface area (Å²) in [6, 6.07) is 6.81. The molecule has 5 nitrogen and oxygen atoms in total. The lowest BCUT2D eigenvalue weighted by atomic mass is 10.1. The molecule has 0 aliphatic carbocycles. The van der Waals surface area contributed by atoms with Crippen LogP contribution in [0.5, 0.6) is 0 Å². The number of halogens is 1. The van der Waals surface area contributed by atoms with E-state index in [1.165, 1.54) is 6.07 Å². The van der Waals surface area contributed by atoms with Crippen LogP contribution in [0, 0.1) is 5.82 Å². The highest BCUT2D eigenvalue weighted by atomic mass is 19.1. The van der Waals surface area contributed by atoms with Gasteiger partial charge in [-0.2, -0.15) is 0 Å². The lowest BCUT2D eigenvalue weighted by Crippen LogP contribution is -2.38. The van der Waals surface area contributed by atoms with Crippen molar-refractivity contribution >= 4 is 11.9 Å². The smallest absolute Gasteiger partial charge is 0.305 e. The molecule has 0 bridgehead atoms. The number of guanidine groups is 1. The summed E-state index contributed by atoms with van der Waals surface area (Å²) in [5.41, 5.74) is 0.701. The number of rotatable bonds is 11. The second-order valence-corrected chi connectivity index (χ2v) is 5.74. The highest BCUT2D eigenvalue weighted by Crippen LogP contribution is 2.06. The normalized spacial score (nSPS) is 11.2. The van der Waals surface area contributed by atoms with Crippen LogP contribution in [0.25, 0.3) is 0 Å². The van der Waals surface area contributed by atoms with Gasteiger partial charge in [0.1, 0.15) is 5.82 Å². The summed E-state index contributed by atoms with van der Waals surface area (Å²) in [5.74, 6) is 0.443. The van der Waals surface area contributed by atoms with Crippen LogP contribution in [0.1, 0.15) is 44.6 Å². The van der Waals surface area contributed by atoms with Crippen LogP contribution in [0.3, 0.4) is 0 Å². The Kier molecular flexibility index (Phi) is 11.1. The van der Waals surface area contributed by atoms with Gasteiger partial charge < -0.3 is 15.4 Å². The van der Waals surface area contributed by atoms with Crippen LogP contribution >= 0.6 is 0 Å². The topological polar surface area (TPSA) is 62.7 Å². The van der Waals surface area contributed by atoms with Crippen LogP contribution in [-0.4, -0.2) is 38.7 Å². The van der Waals surface area contributed by atoms with Gasteiger partial charge in [-0.1, -0.05) is 31.0 Å².